The van der Waals surface area contributed by atoms with Crippen LogP contribution in [0.15, 0.2) is 73.3 Å². The molecule has 1 nitrogen and oxygen atoms in total. The molecule has 0 saturated heterocycles. The van der Waals surface area contributed by atoms with E-state index in [9.17, 15) is 0 Å². The third kappa shape index (κ3) is 4.36. The Kier molecular flexibility index (Phi) is 6.39. The maximum atomic E-state index is 3.88. The molecule has 0 saturated carbocycles. The first-order valence-electron chi connectivity index (χ1n) is 8.27. The molecule has 1 heteroatoms. The van der Waals surface area contributed by atoms with E-state index in [1.54, 1.807) is 0 Å². The summed E-state index contributed by atoms with van der Waals surface area (Å²) in [5.41, 5.74) is 6.87. The molecular weight excluding hydrogens is 290 g/mol. The summed E-state index contributed by atoms with van der Waals surface area (Å²) in [6.45, 7) is 10.0. The van der Waals surface area contributed by atoms with Crippen LogP contribution in [0.1, 0.15) is 37.5 Å². The highest BCUT2D eigenvalue weighted by molar-refractivity contribution is 5.77. The van der Waals surface area contributed by atoms with Gasteiger partial charge in [0, 0.05) is 11.4 Å². The molecule has 1 N–H and O–H groups in total. The zero-order chi connectivity index (χ0) is 17.4. The number of benzene rings is 2. The maximum Gasteiger partial charge on any atom is 0.0390 e. The summed E-state index contributed by atoms with van der Waals surface area (Å²) in [6, 6.07) is 14.8. The first-order valence-corrected chi connectivity index (χ1v) is 8.27. The minimum absolute atomic E-state index is 1.07. The molecule has 0 amide bonds. The van der Waals surface area contributed by atoms with Crippen molar-refractivity contribution in [3.8, 4) is 0 Å². The van der Waals surface area contributed by atoms with Crippen LogP contribution in [0.5, 0.6) is 0 Å². The molecule has 2 aromatic carbocycles. The van der Waals surface area contributed by atoms with Crippen molar-refractivity contribution in [2.45, 2.75) is 20.8 Å². The van der Waals surface area contributed by atoms with Crippen LogP contribution in [0.4, 0.5) is 11.4 Å². The van der Waals surface area contributed by atoms with Crippen molar-refractivity contribution in [1.29, 1.82) is 0 Å². The number of allylic oxidation sites excluding steroid dienone is 5. The molecule has 0 aliphatic carbocycles. The van der Waals surface area contributed by atoms with Gasteiger partial charge in [-0.15, -0.1) is 0 Å². The highest BCUT2D eigenvalue weighted by Gasteiger charge is 2.02. The summed E-state index contributed by atoms with van der Waals surface area (Å²) in [4.78, 5) is 0. The smallest absolute Gasteiger partial charge is 0.0390 e. The minimum atomic E-state index is 1.07. The Morgan fingerprint density at radius 2 is 1.71 bits per heavy atom. The summed E-state index contributed by atoms with van der Waals surface area (Å²) in [6.07, 6.45) is 12.3. The van der Waals surface area contributed by atoms with Crippen molar-refractivity contribution in [3.05, 3.63) is 90.0 Å². The van der Waals surface area contributed by atoms with Gasteiger partial charge in [0.1, 0.15) is 0 Å². The maximum absolute atomic E-state index is 3.88. The average molecular weight is 315 g/mol. The molecule has 0 aromatic heterocycles. The fourth-order valence-electron chi connectivity index (χ4n) is 2.64. The van der Waals surface area contributed by atoms with E-state index in [0.717, 1.165) is 22.5 Å². The molecule has 0 spiro atoms. The Hall–Kier alpha value is -2.80. The first-order chi connectivity index (χ1) is 11.7. The molecule has 24 heavy (non-hydrogen) atoms. The monoisotopic (exact) mass is 315 g/mol. The van der Waals surface area contributed by atoms with Crippen molar-refractivity contribution >= 4 is 29.1 Å². The largest absolute Gasteiger partial charge is 0.355 e. The third-order valence-corrected chi connectivity index (χ3v) is 3.79. The Morgan fingerprint density at radius 1 is 0.917 bits per heavy atom. The zero-order valence-electron chi connectivity index (χ0n) is 14.7. The van der Waals surface area contributed by atoms with Gasteiger partial charge in [-0.1, -0.05) is 61.2 Å². The standard InChI is InChI=1S/C23H25N/c1-5-10-18(7-3)21-12-9-13-22(17-21)24-23-15-14-19(8-4)20(16-23)11-6-2/h5-17,24H,4H2,1-3H3/b10-5-,11-6-,18-7+. The highest BCUT2D eigenvalue weighted by atomic mass is 14.9. The number of anilines is 2. The Labute approximate surface area is 145 Å². The molecule has 0 bridgehead atoms. The third-order valence-electron chi connectivity index (χ3n) is 3.79. The predicted molar refractivity (Wildman–Crippen MR) is 109 cm³/mol. The van der Waals surface area contributed by atoms with Crippen LogP contribution in [0, 0.1) is 0 Å². The van der Waals surface area contributed by atoms with E-state index in [1.807, 2.05) is 26.0 Å². The lowest BCUT2D eigenvalue weighted by atomic mass is 10.0. The van der Waals surface area contributed by atoms with E-state index in [1.165, 1.54) is 11.1 Å². The van der Waals surface area contributed by atoms with Gasteiger partial charge in [-0.2, -0.15) is 0 Å². The first kappa shape index (κ1) is 17.6. The van der Waals surface area contributed by atoms with Crippen molar-refractivity contribution < 1.29 is 0 Å². The lowest BCUT2D eigenvalue weighted by molar-refractivity contribution is 1.50. The molecule has 0 fully saturated rings. The Bertz CT molecular complexity index is 791. The number of rotatable bonds is 6. The summed E-state index contributed by atoms with van der Waals surface area (Å²) < 4.78 is 0. The molecule has 0 atom stereocenters. The molecular formula is C23H25N. The summed E-state index contributed by atoms with van der Waals surface area (Å²) in [5, 5.41) is 3.50. The number of hydrogen-bond acceptors (Lipinski definition) is 1. The van der Waals surface area contributed by atoms with Crippen LogP contribution in [0.25, 0.3) is 17.7 Å². The van der Waals surface area contributed by atoms with Crippen molar-refractivity contribution in [2.75, 3.05) is 5.32 Å². The normalized spacial score (nSPS) is 12.0. The van der Waals surface area contributed by atoms with Gasteiger partial charge in [0.25, 0.3) is 0 Å². The van der Waals surface area contributed by atoms with Gasteiger partial charge in [0.15, 0.2) is 0 Å². The lowest BCUT2D eigenvalue weighted by Gasteiger charge is -2.11. The fourth-order valence-corrected chi connectivity index (χ4v) is 2.64. The van der Waals surface area contributed by atoms with Crippen LogP contribution in [0.3, 0.4) is 0 Å². The van der Waals surface area contributed by atoms with Crippen molar-refractivity contribution in [3.63, 3.8) is 0 Å². The van der Waals surface area contributed by atoms with Crippen molar-refractivity contribution in [1.82, 2.24) is 0 Å². The van der Waals surface area contributed by atoms with Gasteiger partial charge >= 0.3 is 0 Å². The van der Waals surface area contributed by atoms with Crippen LogP contribution < -0.4 is 5.32 Å². The van der Waals surface area contributed by atoms with E-state index >= 15 is 0 Å². The molecule has 0 unspecified atom stereocenters. The van der Waals surface area contributed by atoms with Crippen LogP contribution in [-0.2, 0) is 0 Å². The lowest BCUT2D eigenvalue weighted by Crippen LogP contribution is -1.93. The molecule has 2 rings (SSSR count). The summed E-state index contributed by atoms with van der Waals surface area (Å²) in [7, 11) is 0. The van der Waals surface area contributed by atoms with E-state index in [-0.39, 0.29) is 0 Å². The second-order valence-electron chi connectivity index (χ2n) is 5.50. The van der Waals surface area contributed by atoms with E-state index in [0.29, 0.717) is 0 Å². The molecule has 0 radical (unpaired) electrons. The van der Waals surface area contributed by atoms with E-state index in [2.05, 4.69) is 85.6 Å². The topological polar surface area (TPSA) is 12.0 Å². The van der Waals surface area contributed by atoms with E-state index in [4.69, 9.17) is 0 Å². The Morgan fingerprint density at radius 3 is 2.38 bits per heavy atom. The molecule has 0 aliphatic heterocycles. The van der Waals surface area contributed by atoms with Gasteiger partial charge in [0.05, 0.1) is 0 Å². The minimum Gasteiger partial charge on any atom is -0.355 e. The fraction of sp³-hybridized carbons (Fsp3) is 0.130. The van der Waals surface area contributed by atoms with Gasteiger partial charge in [0.2, 0.25) is 0 Å². The van der Waals surface area contributed by atoms with Crippen molar-refractivity contribution in [2.24, 2.45) is 0 Å². The number of hydrogen-bond donors (Lipinski definition) is 1. The van der Waals surface area contributed by atoms with Gasteiger partial charge in [-0.25, -0.2) is 0 Å². The summed E-state index contributed by atoms with van der Waals surface area (Å²) in [5.74, 6) is 0. The second-order valence-corrected chi connectivity index (χ2v) is 5.50. The van der Waals surface area contributed by atoms with E-state index < -0.39 is 0 Å². The van der Waals surface area contributed by atoms with Crippen LogP contribution in [0.2, 0.25) is 0 Å². The second kappa shape index (κ2) is 8.73. The Balaban J connectivity index is 2.32. The quantitative estimate of drug-likeness (QED) is 0.561. The molecule has 2 aromatic rings. The molecule has 0 heterocycles. The average Bonchev–Trinajstić information content (AvgIpc) is 2.60. The number of nitrogens with one attached hydrogen (secondary N) is 1. The van der Waals surface area contributed by atoms with Crippen LogP contribution in [-0.4, -0.2) is 0 Å². The predicted octanol–water partition coefficient (Wildman–Crippen LogP) is 7.09. The highest BCUT2D eigenvalue weighted by Crippen LogP contribution is 2.25. The molecule has 122 valence electrons. The van der Waals surface area contributed by atoms with Gasteiger partial charge < -0.3 is 5.32 Å². The van der Waals surface area contributed by atoms with Gasteiger partial charge in [-0.3, -0.25) is 0 Å². The van der Waals surface area contributed by atoms with Crippen LogP contribution >= 0.6 is 0 Å². The summed E-state index contributed by atoms with van der Waals surface area (Å²) >= 11 is 0. The SMILES string of the molecule is C=Cc1ccc(Nc2cccc(C(/C=C\C)=C/C)c2)cc1/C=C\C. The van der Waals surface area contributed by atoms with Gasteiger partial charge in [-0.05, 0) is 67.3 Å². The zero-order valence-corrected chi connectivity index (χ0v) is 14.7. The molecule has 0 aliphatic rings.